The number of benzene rings is 1. The summed E-state index contributed by atoms with van der Waals surface area (Å²) >= 11 is 0. The average Bonchev–Trinajstić information content (AvgIpc) is 3.04. The Balaban J connectivity index is 1.57. The molecule has 2 aromatic rings. The van der Waals surface area contributed by atoms with Crippen LogP contribution >= 0.6 is 0 Å². The Morgan fingerprint density at radius 2 is 1.90 bits per heavy atom. The summed E-state index contributed by atoms with van der Waals surface area (Å²) in [5.74, 6) is 0.561. The van der Waals surface area contributed by atoms with Crippen LogP contribution in [-0.2, 0) is 0 Å². The number of likely N-dealkylation sites (tertiary alicyclic amines) is 1. The van der Waals surface area contributed by atoms with Gasteiger partial charge in [0.05, 0.1) is 0 Å². The van der Waals surface area contributed by atoms with E-state index in [0.717, 1.165) is 30.9 Å². The molecule has 21 heavy (non-hydrogen) atoms. The summed E-state index contributed by atoms with van der Waals surface area (Å²) in [4.78, 5) is 2.42. The first-order valence-electron chi connectivity index (χ1n) is 7.75. The van der Waals surface area contributed by atoms with E-state index < -0.39 is 6.10 Å². The summed E-state index contributed by atoms with van der Waals surface area (Å²) in [6.07, 6.45) is 4.01. The van der Waals surface area contributed by atoms with Crippen molar-refractivity contribution in [1.29, 1.82) is 0 Å². The van der Waals surface area contributed by atoms with Gasteiger partial charge in [0, 0.05) is 18.2 Å². The summed E-state index contributed by atoms with van der Waals surface area (Å²) in [5, 5.41) is 14.3. The van der Waals surface area contributed by atoms with Crippen LogP contribution in [-0.4, -0.2) is 34.8 Å². The smallest absolute Gasteiger partial charge is 0.165 e. The van der Waals surface area contributed by atoms with E-state index in [9.17, 15) is 5.11 Å². The second kappa shape index (κ2) is 6.87. The number of hydrogen-bond donors (Lipinski definition) is 1. The highest BCUT2D eigenvalue weighted by Crippen LogP contribution is 2.24. The van der Waals surface area contributed by atoms with Crippen molar-refractivity contribution in [2.24, 2.45) is 0 Å². The number of aromatic nitrogens is 1. The van der Waals surface area contributed by atoms with Gasteiger partial charge in [-0.05, 0) is 32.4 Å². The van der Waals surface area contributed by atoms with E-state index in [1.54, 1.807) is 0 Å². The van der Waals surface area contributed by atoms with Crippen molar-refractivity contribution in [1.82, 2.24) is 10.1 Å². The molecule has 112 valence electrons. The lowest BCUT2D eigenvalue weighted by Gasteiger charge is -2.26. The summed E-state index contributed by atoms with van der Waals surface area (Å²) < 4.78 is 5.30. The Morgan fingerprint density at radius 3 is 2.67 bits per heavy atom. The number of aliphatic hydroxyl groups excluding tert-OH is 1. The standard InChI is InChI=1S/C17H22N2O2/c20-16(9-12-19-10-5-2-6-11-19)17-13-15(18-21-17)14-7-3-1-4-8-14/h1,3-4,7-8,13,16,20H,2,5-6,9-12H2. The normalized spacial score (nSPS) is 17.8. The molecule has 1 aromatic heterocycles. The maximum absolute atomic E-state index is 10.3. The molecule has 1 aliphatic rings. The van der Waals surface area contributed by atoms with Gasteiger partial charge in [0.25, 0.3) is 0 Å². The number of rotatable bonds is 5. The molecule has 0 bridgehead atoms. The second-order valence-corrected chi connectivity index (χ2v) is 5.69. The van der Waals surface area contributed by atoms with Crippen molar-refractivity contribution in [3.63, 3.8) is 0 Å². The van der Waals surface area contributed by atoms with Gasteiger partial charge in [-0.15, -0.1) is 0 Å². The highest BCUT2D eigenvalue weighted by Gasteiger charge is 2.17. The molecule has 4 nitrogen and oxygen atoms in total. The number of aliphatic hydroxyl groups is 1. The van der Waals surface area contributed by atoms with Crippen molar-refractivity contribution >= 4 is 0 Å². The van der Waals surface area contributed by atoms with Crippen LogP contribution in [0.25, 0.3) is 11.3 Å². The molecular formula is C17H22N2O2. The molecule has 1 atom stereocenters. The molecule has 0 aliphatic carbocycles. The fourth-order valence-electron chi connectivity index (χ4n) is 2.82. The molecule has 1 fully saturated rings. The monoisotopic (exact) mass is 286 g/mol. The third kappa shape index (κ3) is 3.71. The van der Waals surface area contributed by atoms with Crippen molar-refractivity contribution < 1.29 is 9.63 Å². The molecule has 3 rings (SSSR count). The van der Waals surface area contributed by atoms with E-state index in [4.69, 9.17) is 4.52 Å². The van der Waals surface area contributed by atoms with Gasteiger partial charge in [-0.25, -0.2) is 0 Å². The van der Waals surface area contributed by atoms with E-state index in [0.29, 0.717) is 12.2 Å². The van der Waals surface area contributed by atoms with Crippen LogP contribution in [0.4, 0.5) is 0 Å². The van der Waals surface area contributed by atoms with Crippen LogP contribution in [0.1, 0.15) is 37.5 Å². The van der Waals surface area contributed by atoms with Crippen molar-refractivity contribution in [2.75, 3.05) is 19.6 Å². The molecule has 1 aliphatic heterocycles. The summed E-state index contributed by atoms with van der Waals surface area (Å²) in [7, 11) is 0. The average molecular weight is 286 g/mol. The van der Waals surface area contributed by atoms with Gasteiger partial charge in [0.2, 0.25) is 0 Å². The topological polar surface area (TPSA) is 49.5 Å². The molecule has 0 amide bonds. The zero-order valence-corrected chi connectivity index (χ0v) is 12.2. The highest BCUT2D eigenvalue weighted by atomic mass is 16.5. The third-order valence-electron chi connectivity index (χ3n) is 4.09. The maximum Gasteiger partial charge on any atom is 0.165 e. The Morgan fingerprint density at radius 1 is 1.14 bits per heavy atom. The first kappa shape index (κ1) is 14.3. The zero-order valence-electron chi connectivity index (χ0n) is 12.2. The fraction of sp³-hybridized carbons (Fsp3) is 0.471. The SMILES string of the molecule is OC(CCN1CCCCC1)c1cc(-c2ccccc2)no1. The van der Waals surface area contributed by atoms with Crippen molar-refractivity contribution in [3.8, 4) is 11.3 Å². The van der Waals surface area contributed by atoms with Crippen LogP contribution in [0.15, 0.2) is 40.9 Å². The lowest BCUT2D eigenvalue weighted by molar-refractivity contribution is 0.108. The lowest BCUT2D eigenvalue weighted by atomic mass is 10.1. The lowest BCUT2D eigenvalue weighted by Crippen LogP contribution is -2.31. The Bertz CT molecular complexity index is 547. The predicted molar refractivity (Wildman–Crippen MR) is 81.8 cm³/mol. The Hall–Kier alpha value is -1.65. The number of hydrogen-bond acceptors (Lipinski definition) is 4. The van der Waals surface area contributed by atoms with E-state index >= 15 is 0 Å². The van der Waals surface area contributed by atoms with Gasteiger partial charge in [0.15, 0.2) is 5.76 Å². The first-order valence-corrected chi connectivity index (χ1v) is 7.75. The molecular weight excluding hydrogens is 264 g/mol. The van der Waals surface area contributed by atoms with Gasteiger partial charge in [-0.1, -0.05) is 41.9 Å². The van der Waals surface area contributed by atoms with Crippen molar-refractivity contribution in [2.45, 2.75) is 31.8 Å². The van der Waals surface area contributed by atoms with Gasteiger partial charge in [-0.3, -0.25) is 0 Å². The molecule has 1 aromatic carbocycles. The van der Waals surface area contributed by atoms with Gasteiger partial charge in [-0.2, -0.15) is 0 Å². The van der Waals surface area contributed by atoms with Crippen LogP contribution in [0.5, 0.6) is 0 Å². The molecule has 0 spiro atoms. The molecule has 4 heteroatoms. The maximum atomic E-state index is 10.3. The van der Waals surface area contributed by atoms with Crippen LogP contribution in [0.3, 0.4) is 0 Å². The minimum Gasteiger partial charge on any atom is -0.385 e. The van der Waals surface area contributed by atoms with Crippen LogP contribution in [0, 0.1) is 0 Å². The Kier molecular flexibility index (Phi) is 4.68. The van der Waals surface area contributed by atoms with E-state index in [1.165, 1.54) is 19.3 Å². The molecule has 1 unspecified atom stereocenters. The molecule has 0 saturated carbocycles. The zero-order chi connectivity index (χ0) is 14.5. The summed E-state index contributed by atoms with van der Waals surface area (Å²) in [6.45, 7) is 3.22. The van der Waals surface area contributed by atoms with Gasteiger partial charge >= 0.3 is 0 Å². The van der Waals surface area contributed by atoms with E-state index in [2.05, 4.69) is 10.1 Å². The summed E-state index contributed by atoms with van der Waals surface area (Å²) in [5.41, 5.74) is 1.79. The number of nitrogens with zero attached hydrogens (tertiary/aromatic N) is 2. The molecule has 1 saturated heterocycles. The predicted octanol–water partition coefficient (Wildman–Crippen LogP) is 3.25. The largest absolute Gasteiger partial charge is 0.385 e. The second-order valence-electron chi connectivity index (χ2n) is 5.69. The summed E-state index contributed by atoms with van der Waals surface area (Å²) in [6, 6.07) is 11.7. The fourth-order valence-corrected chi connectivity index (χ4v) is 2.82. The Labute approximate surface area is 125 Å². The molecule has 1 N–H and O–H groups in total. The quantitative estimate of drug-likeness (QED) is 0.916. The van der Waals surface area contributed by atoms with Crippen LogP contribution in [0.2, 0.25) is 0 Å². The molecule has 0 radical (unpaired) electrons. The van der Waals surface area contributed by atoms with Crippen molar-refractivity contribution in [3.05, 3.63) is 42.2 Å². The minimum atomic E-state index is -0.572. The van der Waals surface area contributed by atoms with E-state index in [1.807, 2.05) is 36.4 Å². The molecule has 2 heterocycles. The van der Waals surface area contributed by atoms with Gasteiger partial charge in [0.1, 0.15) is 11.8 Å². The van der Waals surface area contributed by atoms with Crippen LogP contribution < -0.4 is 0 Å². The van der Waals surface area contributed by atoms with E-state index in [-0.39, 0.29) is 0 Å². The van der Waals surface area contributed by atoms with Gasteiger partial charge < -0.3 is 14.5 Å². The number of piperidine rings is 1. The third-order valence-corrected chi connectivity index (χ3v) is 4.09. The first-order chi connectivity index (χ1) is 10.3. The minimum absolute atomic E-state index is 0.561. The highest BCUT2D eigenvalue weighted by molar-refractivity contribution is 5.58.